The predicted octanol–water partition coefficient (Wildman–Crippen LogP) is 13.9. The van der Waals surface area contributed by atoms with Gasteiger partial charge in [-0.3, -0.25) is 19.2 Å². The highest BCUT2D eigenvalue weighted by Gasteiger charge is 2.44. The van der Waals surface area contributed by atoms with Crippen molar-refractivity contribution in [3.63, 3.8) is 0 Å². The Morgan fingerprint density at radius 3 is 1.39 bits per heavy atom. The molecule has 0 spiro atoms. The lowest BCUT2D eigenvalue weighted by Gasteiger charge is -2.21. The molecule has 5 N–H and O–H groups in total. The first-order chi connectivity index (χ1) is 37.6. The van der Waals surface area contributed by atoms with Crippen LogP contribution < -0.4 is 10.6 Å². The maximum Gasteiger partial charge on any atom is 0.306 e. The molecule has 2 amide bonds. The molecule has 2 heterocycles. The van der Waals surface area contributed by atoms with Crippen LogP contribution in [0, 0.1) is 0 Å². The van der Waals surface area contributed by atoms with Gasteiger partial charge in [0.05, 0.1) is 12.8 Å². The van der Waals surface area contributed by atoms with Gasteiger partial charge in [0.1, 0.15) is 37.1 Å². The Hall–Kier alpha value is -2.79. The van der Waals surface area contributed by atoms with Crippen LogP contribution in [0.4, 0.5) is 5.82 Å². The molecule has 6 atom stereocenters. The van der Waals surface area contributed by atoms with E-state index in [9.17, 15) is 34.5 Å². The van der Waals surface area contributed by atoms with Crippen molar-refractivity contribution in [3.05, 3.63) is 6.20 Å². The zero-order valence-electron chi connectivity index (χ0n) is 49.0. The van der Waals surface area contributed by atoms with E-state index in [2.05, 4.69) is 41.7 Å². The molecule has 1 aliphatic heterocycles. The molecule has 1 saturated heterocycles. The Balaban J connectivity index is 1.96. The molecule has 0 bridgehead atoms. The van der Waals surface area contributed by atoms with Gasteiger partial charge in [0.15, 0.2) is 12.0 Å². The molecule has 0 saturated carbocycles. The van der Waals surface area contributed by atoms with Crippen molar-refractivity contribution < 1.29 is 48.7 Å². The van der Waals surface area contributed by atoms with Gasteiger partial charge in [0, 0.05) is 30.8 Å². The van der Waals surface area contributed by atoms with Crippen LogP contribution in [-0.2, 0) is 33.4 Å². The predicted molar refractivity (Wildman–Crippen MR) is 313 cm³/mol. The number of unbranched alkanes of at least 4 members (excludes halogenated alkanes) is 36. The number of carbonyl (C=O) groups is 4. The number of anilines is 1. The summed E-state index contributed by atoms with van der Waals surface area (Å²) in [6.07, 6.45) is 43.5. The second kappa shape index (κ2) is 49.1. The van der Waals surface area contributed by atoms with E-state index in [1.807, 2.05) is 0 Å². The molecular formula is C61H113N5O10S. The number of aromatic nitrogens is 3. The molecule has 77 heavy (non-hydrogen) atoms. The third kappa shape index (κ3) is 37.0. The zero-order valence-corrected chi connectivity index (χ0v) is 49.8. The average molecular weight is 1110 g/mol. The van der Waals surface area contributed by atoms with Crippen LogP contribution >= 0.6 is 11.8 Å². The Kier molecular flexibility index (Phi) is 44.8. The van der Waals surface area contributed by atoms with Crippen LogP contribution in [0.15, 0.2) is 6.20 Å². The van der Waals surface area contributed by atoms with Crippen LogP contribution in [0.25, 0.3) is 0 Å². The highest BCUT2D eigenvalue weighted by Crippen LogP contribution is 2.29. The number of nitrogens with one attached hydrogen (secondary N) is 2. The quantitative estimate of drug-likeness (QED) is 0.0304. The van der Waals surface area contributed by atoms with Crippen molar-refractivity contribution in [1.82, 2.24) is 20.3 Å². The molecule has 1 unspecified atom stereocenters. The Labute approximate surface area is 471 Å². The molecule has 0 aliphatic carbocycles. The van der Waals surface area contributed by atoms with Crippen molar-refractivity contribution in [2.75, 3.05) is 30.0 Å². The van der Waals surface area contributed by atoms with E-state index in [1.165, 1.54) is 198 Å². The van der Waals surface area contributed by atoms with Gasteiger partial charge in [-0.1, -0.05) is 257 Å². The molecule has 1 aliphatic rings. The van der Waals surface area contributed by atoms with Crippen molar-refractivity contribution >= 4 is 41.3 Å². The minimum Gasteiger partial charge on any atom is -0.462 e. The van der Waals surface area contributed by atoms with E-state index in [0.717, 1.165) is 68.9 Å². The molecule has 16 heteroatoms. The van der Waals surface area contributed by atoms with Crippen LogP contribution in [0.5, 0.6) is 0 Å². The summed E-state index contributed by atoms with van der Waals surface area (Å²) in [5.74, 6) is -1.09. The summed E-state index contributed by atoms with van der Waals surface area (Å²) in [4.78, 5) is 53.5. The molecule has 15 nitrogen and oxygen atoms in total. The Morgan fingerprint density at radius 1 is 0.571 bits per heavy atom. The third-order valence-electron chi connectivity index (χ3n) is 15.0. The summed E-state index contributed by atoms with van der Waals surface area (Å²) < 4.78 is 18.4. The number of rotatable bonds is 54. The molecule has 1 aromatic heterocycles. The Bertz CT molecular complexity index is 1590. The lowest BCUT2D eigenvalue weighted by Crippen LogP contribution is -2.45. The van der Waals surface area contributed by atoms with E-state index in [1.54, 1.807) is 0 Å². The molecule has 0 radical (unpaired) electrons. The van der Waals surface area contributed by atoms with Crippen LogP contribution in [0.3, 0.4) is 0 Å². The molecule has 1 fully saturated rings. The van der Waals surface area contributed by atoms with E-state index >= 15 is 0 Å². The van der Waals surface area contributed by atoms with Gasteiger partial charge in [-0.05, 0) is 19.3 Å². The number of thioether (sulfide) groups is 1. The maximum absolute atomic E-state index is 13.9. The first kappa shape index (κ1) is 70.3. The fraction of sp³-hybridized carbons (Fsp3) is 0.902. The van der Waals surface area contributed by atoms with Gasteiger partial charge in [0.2, 0.25) is 11.8 Å². The lowest BCUT2D eigenvalue weighted by molar-refractivity contribution is -0.157. The molecule has 2 rings (SSSR count). The fourth-order valence-corrected chi connectivity index (χ4v) is 11.1. The summed E-state index contributed by atoms with van der Waals surface area (Å²) >= 11 is 1.32. The van der Waals surface area contributed by atoms with Gasteiger partial charge in [-0.2, -0.15) is 11.8 Å². The lowest BCUT2D eigenvalue weighted by atomic mass is 10.0. The number of hydrogen-bond acceptors (Lipinski definition) is 13. The molecule has 1 aromatic rings. The van der Waals surface area contributed by atoms with Gasteiger partial charge in [0.25, 0.3) is 0 Å². The zero-order chi connectivity index (χ0) is 55.8. The number of esters is 2. The fourth-order valence-electron chi connectivity index (χ4n) is 10.0. The van der Waals surface area contributed by atoms with Crippen molar-refractivity contribution in [3.8, 4) is 0 Å². The number of ether oxygens (including phenoxy) is 3. The number of aliphatic hydroxyl groups is 3. The third-order valence-corrected chi connectivity index (χ3v) is 16.2. The second-order valence-corrected chi connectivity index (χ2v) is 23.3. The summed E-state index contributed by atoms with van der Waals surface area (Å²) in [7, 11) is 0. The standard InChI is InChI=1S/C61H113N5O10S/c1-4-7-10-13-16-19-22-25-28-31-34-37-40-43-55(68)62-52(60(73)63-54-46-66(65-64-54)61-59(72)58(71)53(47-67)76-61)50-77-49-51(75-57(70)45-42-39-36-33-30-27-24-21-18-15-12-9-6-3)48-74-56(69)44-41-38-35-32-29-26-23-20-17-14-11-8-5-2/h46,51-53,58-59,61,67,71-72H,4-45,47-50H2,1-3H3,(H,62,68)(H,63,73)/t51-,52-,53?,58-,59-,61+/m1/s1. The summed E-state index contributed by atoms with van der Waals surface area (Å²) in [6.45, 7) is 6.14. The highest BCUT2D eigenvalue weighted by atomic mass is 32.2. The number of carbonyl (C=O) groups excluding carboxylic acids is 4. The summed E-state index contributed by atoms with van der Waals surface area (Å²) in [6, 6.07) is -1.01. The topological polar surface area (TPSA) is 211 Å². The van der Waals surface area contributed by atoms with Crippen molar-refractivity contribution in [2.24, 2.45) is 0 Å². The van der Waals surface area contributed by atoms with E-state index < -0.39 is 49.2 Å². The summed E-state index contributed by atoms with van der Waals surface area (Å²) in [5.41, 5.74) is 0. The van der Waals surface area contributed by atoms with E-state index in [4.69, 9.17) is 14.2 Å². The van der Waals surface area contributed by atoms with Gasteiger partial charge in [-0.25, -0.2) is 4.68 Å². The Morgan fingerprint density at radius 2 is 0.974 bits per heavy atom. The average Bonchev–Trinajstić information content (AvgIpc) is 4.02. The SMILES string of the molecule is CCCCCCCCCCCCCCCC(=O)N[C@H](CSC[C@@H](COC(=O)CCCCCCCCCCCCCCC)OC(=O)CCCCCCCCCCCCCCC)C(=O)Nc1cn([C@H]2OC(CO)[C@@H](O)[C@H]2O)nn1. The van der Waals surface area contributed by atoms with Crippen LogP contribution in [0.1, 0.15) is 297 Å². The minimum atomic E-state index is -1.39. The van der Waals surface area contributed by atoms with E-state index in [0.29, 0.717) is 12.8 Å². The van der Waals surface area contributed by atoms with Gasteiger partial charge >= 0.3 is 11.9 Å². The van der Waals surface area contributed by atoms with Crippen LogP contribution in [-0.4, -0.2) is 109 Å². The second-order valence-electron chi connectivity index (χ2n) is 22.2. The number of aliphatic hydroxyl groups excluding tert-OH is 3. The van der Waals surface area contributed by atoms with Crippen LogP contribution in [0.2, 0.25) is 0 Å². The number of nitrogens with zero attached hydrogens (tertiary/aromatic N) is 3. The first-order valence-electron chi connectivity index (χ1n) is 31.7. The highest BCUT2D eigenvalue weighted by molar-refractivity contribution is 7.99. The van der Waals surface area contributed by atoms with Crippen molar-refractivity contribution in [2.45, 2.75) is 327 Å². The van der Waals surface area contributed by atoms with Gasteiger partial charge in [-0.15, -0.1) is 5.10 Å². The van der Waals surface area contributed by atoms with Gasteiger partial charge < -0.3 is 40.2 Å². The summed E-state index contributed by atoms with van der Waals surface area (Å²) in [5, 5.41) is 44.0. The molecule has 0 aromatic carbocycles. The number of amides is 2. The molecular weight excluding hydrogens is 995 g/mol. The maximum atomic E-state index is 13.9. The normalized spacial score (nSPS) is 17.1. The molecule has 448 valence electrons. The van der Waals surface area contributed by atoms with E-state index in [-0.39, 0.29) is 54.6 Å². The minimum absolute atomic E-state index is 0.0314. The number of hydrogen-bond donors (Lipinski definition) is 5. The monoisotopic (exact) mass is 1110 g/mol. The smallest absolute Gasteiger partial charge is 0.306 e. The largest absolute Gasteiger partial charge is 0.462 e. The first-order valence-corrected chi connectivity index (χ1v) is 32.9. The van der Waals surface area contributed by atoms with Crippen molar-refractivity contribution in [1.29, 1.82) is 0 Å².